The summed E-state index contributed by atoms with van der Waals surface area (Å²) >= 11 is 0. The van der Waals surface area contributed by atoms with Crippen molar-refractivity contribution in [2.24, 2.45) is 7.05 Å². The van der Waals surface area contributed by atoms with Crippen LogP contribution in [0.2, 0.25) is 0 Å². The van der Waals surface area contributed by atoms with E-state index in [2.05, 4.69) is 10.4 Å². The molecule has 1 aromatic heterocycles. The number of piperidine rings is 1. The second kappa shape index (κ2) is 6.01. The number of rotatable bonds is 5. The molecular formula is C12H21N3O. The second-order valence-electron chi connectivity index (χ2n) is 4.42. The van der Waals surface area contributed by atoms with Crippen LogP contribution in [-0.2, 0) is 18.2 Å². The Kier molecular flexibility index (Phi) is 4.36. The van der Waals surface area contributed by atoms with E-state index in [0.717, 1.165) is 26.2 Å². The van der Waals surface area contributed by atoms with Gasteiger partial charge in [-0.15, -0.1) is 0 Å². The quantitative estimate of drug-likeness (QED) is 0.760. The summed E-state index contributed by atoms with van der Waals surface area (Å²) < 4.78 is 7.60. The largest absolute Gasteiger partial charge is 0.379 e. The van der Waals surface area contributed by atoms with E-state index in [1.165, 1.54) is 25.0 Å². The highest BCUT2D eigenvalue weighted by Gasteiger charge is 2.11. The first-order valence-corrected chi connectivity index (χ1v) is 6.14. The molecule has 0 amide bonds. The maximum atomic E-state index is 5.70. The lowest BCUT2D eigenvalue weighted by atomic mass is 10.1. The van der Waals surface area contributed by atoms with Gasteiger partial charge in [-0.3, -0.25) is 4.68 Å². The summed E-state index contributed by atoms with van der Waals surface area (Å²) in [6.07, 6.45) is 6.68. The maximum Gasteiger partial charge on any atom is 0.0619 e. The van der Waals surface area contributed by atoms with Crippen molar-refractivity contribution in [3.8, 4) is 0 Å². The van der Waals surface area contributed by atoms with Crippen LogP contribution in [0.3, 0.4) is 0 Å². The summed E-state index contributed by atoms with van der Waals surface area (Å²) in [5.74, 6) is 0. The van der Waals surface area contributed by atoms with Crippen LogP contribution in [0.1, 0.15) is 25.0 Å². The molecule has 1 aliphatic heterocycles. The molecule has 90 valence electrons. The normalized spacial score (nSPS) is 21.2. The molecule has 2 heterocycles. The Labute approximate surface area is 97.0 Å². The lowest BCUT2D eigenvalue weighted by molar-refractivity contribution is 0.105. The van der Waals surface area contributed by atoms with Crippen molar-refractivity contribution in [2.75, 3.05) is 19.8 Å². The highest BCUT2D eigenvalue weighted by molar-refractivity contribution is 4.99. The zero-order chi connectivity index (χ0) is 11.2. The van der Waals surface area contributed by atoms with Gasteiger partial charge in [-0.25, -0.2) is 0 Å². The molecule has 0 bridgehead atoms. The van der Waals surface area contributed by atoms with Gasteiger partial charge in [0.2, 0.25) is 0 Å². The fourth-order valence-corrected chi connectivity index (χ4v) is 2.12. The molecule has 1 atom stereocenters. The van der Waals surface area contributed by atoms with Crippen LogP contribution in [0.15, 0.2) is 12.3 Å². The van der Waals surface area contributed by atoms with Crippen LogP contribution in [0.4, 0.5) is 0 Å². The zero-order valence-corrected chi connectivity index (χ0v) is 9.98. The maximum absolute atomic E-state index is 5.70. The predicted molar refractivity (Wildman–Crippen MR) is 63.4 cm³/mol. The Morgan fingerprint density at radius 2 is 2.50 bits per heavy atom. The zero-order valence-electron chi connectivity index (χ0n) is 9.98. The molecule has 0 spiro atoms. The first-order valence-electron chi connectivity index (χ1n) is 6.14. The summed E-state index contributed by atoms with van der Waals surface area (Å²) in [4.78, 5) is 0. The minimum Gasteiger partial charge on any atom is -0.379 e. The fourth-order valence-electron chi connectivity index (χ4n) is 2.12. The van der Waals surface area contributed by atoms with Gasteiger partial charge < -0.3 is 10.1 Å². The Bertz CT molecular complexity index is 305. The van der Waals surface area contributed by atoms with Crippen LogP contribution in [0.25, 0.3) is 0 Å². The Balaban J connectivity index is 1.59. The Morgan fingerprint density at radius 3 is 3.19 bits per heavy atom. The average molecular weight is 223 g/mol. The molecular weight excluding hydrogens is 202 g/mol. The van der Waals surface area contributed by atoms with Gasteiger partial charge in [-0.2, -0.15) is 5.10 Å². The van der Waals surface area contributed by atoms with Crippen molar-refractivity contribution < 1.29 is 4.74 Å². The van der Waals surface area contributed by atoms with E-state index < -0.39 is 0 Å². The molecule has 0 radical (unpaired) electrons. The monoisotopic (exact) mass is 223 g/mol. The summed E-state index contributed by atoms with van der Waals surface area (Å²) in [6, 6.07) is 2.61. The number of hydrogen-bond acceptors (Lipinski definition) is 3. The van der Waals surface area contributed by atoms with E-state index in [1.807, 2.05) is 24.0 Å². The molecule has 1 unspecified atom stereocenters. The van der Waals surface area contributed by atoms with Gasteiger partial charge in [0.1, 0.15) is 0 Å². The van der Waals surface area contributed by atoms with Crippen molar-refractivity contribution >= 4 is 0 Å². The van der Waals surface area contributed by atoms with Crippen LogP contribution >= 0.6 is 0 Å². The lowest BCUT2D eigenvalue weighted by Gasteiger charge is -2.23. The number of nitrogens with one attached hydrogen (secondary N) is 1. The first kappa shape index (κ1) is 11.6. The van der Waals surface area contributed by atoms with E-state index >= 15 is 0 Å². The average Bonchev–Trinajstić information content (AvgIpc) is 2.72. The molecule has 4 nitrogen and oxygen atoms in total. The SMILES string of the molecule is Cn1nccc1CCOCC1CCCCN1. The van der Waals surface area contributed by atoms with Gasteiger partial charge in [0.15, 0.2) is 0 Å². The van der Waals surface area contributed by atoms with Crippen LogP contribution < -0.4 is 5.32 Å². The topological polar surface area (TPSA) is 39.1 Å². The van der Waals surface area contributed by atoms with Gasteiger partial charge in [0.05, 0.1) is 13.2 Å². The second-order valence-corrected chi connectivity index (χ2v) is 4.42. The lowest BCUT2D eigenvalue weighted by Crippen LogP contribution is -2.37. The third-order valence-electron chi connectivity index (χ3n) is 3.16. The predicted octanol–water partition coefficient (Wildman–Crippen LogP) is 1.12. The molecule has 0 saturated carbocycles. The van der Waals surface area contributed by atoms with Gasteiger partial charge in [0, 0.05) is 31.4 Å². The van der Waals surface area contributed by atoms with Crippen molar-refractivity contribution in [2.45, 2.75) is 31.7 Å². The van der Waals surface area contributed by atoms with E-state index in [0.29, 0.717) is 6.04 Å². The Morgan fingerprint density at radius 1 is 1.56 bits per heavy atom. The molecule has 0 aliphatic carbocycles. The van der Waals surface area contributed by atoms with Gasteiger partial charge in [0.25, 0.3) is 0 Å². The van der Waals surface area contributed by atoms with E-state index in [9.17, 15) is 0 Å². The van der Waals surface area contributed by atoms with Crippen molar-refractivity contribution in [1.29, 1.82) is 0 Å². The van der Waals surface area contributed by atoms with Gasteiger partial charge >= 0.3 is 0 Å². The summed E-state index contributed by atoms with van der Waals surface area (Å²) in [5, 5.41) is 7.62. The van der Waals surface area contributed by atoms with Gasteiger partial charge in [-0.05, 0) is 25.5 Å². The molecule has 2 rings (SSSR count). The number of aryl methyl sites for hydroxylation is 1. The molecule has 1 aliphatic rings. The standard InChI is InChI=1S/C12H21N3O/c1-15-12(5-8-14-15)6-9-16-10-11-4-2-3-7-13-11/h5,8,11,13H,2-4,6-7,9-10H2,1H3. The minimum absolute atomic E-state index is 0.570. The van der Waals surface area contributed by atoms with Gasteiger partial charge in [-0.1, -0.05) is 6.42 Å². The first-order chi connectivity index (χ1) is 7.86. The minimum atomic E-state index is 0.570. The third-order valence-corrected chi connectivity index (χ3v) is 3.16. The summed E-state index contributed by atoms with van der Waals surface area (Å²) in [7, 11) is 1.97. The highest BCUT2D eigenvalue weighted by Crippen LogP contribution is 2.07. The van der Waals surface area contributed by atoms with E-state index in [1.54, 1.807) is 0 Å². The molecule has 0 aromatic carbocycles. The van der Waals surface area contributed by atoms with Crippen molar-refractivity contribution in [3.05, 3.63) is 18.0 Å². The Hall–Kier alpha value is -0.870. The van der Waals surface area contributed by atoms with Crippen molar-refractivity contribution in [1.82, 2.24) is 15.1 Å². The fraction of sp³-hybridized carbons (Fsp3) is 0.750. The highest BCUT2D eigenvalue weighted by atomic mass is 16.5. The number of nitrogens with zero attached hydrogens (tertiary/aromatic N) is 2. The van der Waals surface area contributed by atoms with Crippen molar-refractivity contribution in [3.63, 3.8) is 0 Å². The summed E-state index contributed by atoms with van der Waals surface area (Å²) in [5.41, 5.74) is 1.23. The number of hydrogen-bond donors (Lipinski definition) is 1. The molecule has 4 heteroatoms. The van der Waals surface area contributed by atoms with Crippen LogP contribution in [-0.4, -0.2) is 35.6 Å². The number of aromatic nitrogens is 2. The molecule has 1 fully saturated rings. The van der Waals surface area contributed by atoms with E-state index in [-0.39, 0.29) is 0 Å². The van der Waals surface area contributed by atoms with E-state index in [4.69, 9.17) is 4.74 Å². The molecule has 16 heavy (non-hydrogen) atoms. The van der Waals surface area contributed by atoms with Crippen LogP contribution in [0.5, 0.6) is 0 Å². The molecule has 1 aromatic rings. The molecule has 1 saturated heterocycles. The number of ether oxygens (including phenoxy) is 1. The summed E-state index contributed by atoms with van der Waals surface area (Å²) in [6.45, 7) is 2.78. The van der Waals surface area contributed by atoms with Crippen LogP contribution in [0, 0.1) is 0 Å². The smallest absolute Gasteiger partial charge is 0.0619 e. The third kappa shape index (κ3) is 3.32. The molecule has 1 N–H and O–H groups in total.